The molecule has 1 aromatic heterocycles. The van der Waals surface area contributed by atoms with Gasteiger partial charge in [0.1, 0.15) is 23.5 Å². The lowest BCUT2D eigenvalue weighted by Gasteiger charge is -2.32. The number of nitrogens with zero attached hydrogens (tertiary/aromatic N) is 3. The van der Waals surface area contributed by atoms with Crippen LogP contribution in [-0.4, -0.2) is 40.2 Å². The molecule has 23 heavy (non-hydrogen) atoms. The number of aromatic nitrogens is 2. The lowest BCUT2D eigenvalue weighted by molar-refractivity contribution is 0.0690. The van der Waals surface area contributed by atoms with Crippen LogP contribution in [0.25, 0.3) is 0 Å². The maximum atomic E-state index is 12.9. The van der Waals surface area contributed by atoms with Gasteiger partial charge in [0, 0.05) is 25.9 Å². The summed E-state index contributed by atoms with van der Waals surface area (Å²) in [5.41, 5.74) is -0.0664. The molecule has 3 rings (SSSR count). The van der Waals surface area contributed by atoms with E-state index < -0.39 is 5.97 Å². The van der Waals surface area contributed by atoms with Crippen LogP contribution < -0.4 is 9.64 Å². The number of rotatable bonds is 4. The van der Waals surface area contributed by atoms with E-state index in [1.165, 1.54) is 24.5 Å². The van der Waals surface area contributed by atoms with Gasteiger partial charge in [-0.15, -0.1) is 0 Å². The Balaban J connectivity index is 1.55. The van der Waals surface area contributed by atoms with Gasteiger partial charge in [-0.3, -0.25) is 0 Å². The summed E-state index contributed by atoms with van der Waals surface area (Å²) in [6.45, 7) is 1.49. The van der Waals surface area contributed by atoms with Crippen LogP contribution in [0, 0.1) is 5.82 Å². The molecule has 0 amide bonds. The highest BCUT2D eigenvalue weighted by atomic mass is 19.1. The third kappa shape index (κ3) is 3.74. The number of carboxylic acid groups (broad SMARTS) is 1. The summed E-state index contributed by atoms with van der Waals surface area (Å²) >= 11 is 0. The molecular formula is C16H16FN3O3. The van der Waals surface area contributed by atoms with Crippen LogP contribution in [0.15, 0.2) is 36.7 Å². The monoisotopic (exact) mass is 317 g/mol. The fraction of sp³-hybridized carbons (Fsp3) is 0.312. The topological polar surface area (TPSA) is 75.5 Å². The summed E-state index contributed by atoms with van der Waals surface area (Å²) in [5, 5.41) is 8.82. The Kier molecular flexibility index (Phi) is 4.36. The maximum Gasteiger partial charge on any atom is 0.356 e. The number of ether oxygens (including phenoxy) is 1. The molecule has 0 radical (unpaired) electrons. The molecule has 0 saturated carbocycles. The minimum absolute atomic E-state index is 0.0664. The van der Waals surface area contributed by atoms with Crippen molar-refractivity contribution in [2.24, 2.45) is 0 Å². The Morgan fingerprint density at radius 2 is 1.87 bits per heavy atom. The van der Waals surface area contributed by atoms with Crippen LogP contribution in [0.2, 0.25) is 0 Å². The van der Waals surface area contributed by atoms with Gasteiger partial charge in [0.05, 0.1) is 12.4 Å². The van der Waals surface area contributed by atoms with Crippen LogP contribution in [0.3, 0.4) is 0 Å². The number of aromatic carboxylic acids is 1. The Morgan fingerprint density at radius 3 is 2.43 bits per heavy atom. The fourth-order valence-corrected chi connectivity index (χ4v) is 2.50. The van der Waals surface area contributed by atoms with E-state index in [2.05, 4.69) is 9.97 Å². The molecule has 2 aromatic rings. The first kappa shape index (κ1) is 15.2. The first-order chi connectivity index (χ1) is 11.1. The van der Waals surface area contributed by atoms with Crippen molar-refractivity contribution in [3.63, 3.8) is 0 Å². The van der Waals surface area contributed by atoms with Crippen LogP contribution in [0.4, 0.5) is 10.2 Å². The summed E-state index contributed by atoms with van der Waals surface area (Å²) in [6.07, 6.45) is 4.42. The highest BCUT2D eigenvalue weighted by Crippen LogP contribution is 2.22. The molecule has 1 aliphatic rings. The van der Waals surface area contributed by atoms with E-state index >= 15 is 0 Å². The molecule has 1 N–H and O–H groups in total. The number of carboxylic acids is 1. The van der Waals surface area contributed by atoms with Crippen LogP contribution in [0.1, 0.15) is 23.3 Å². The van der Waals surface area contributed by atoms with Gasteiger partial charge in [0.25, 0.3) is 0 Å². The summed E-state index contributed by atoms with van der Waals surface area (Å²) < 4.78 is 18.7. The van der Waals surface area contributed by atoms with Crippen molar-refractivity contribution in [2.75, 3.05) is 18.0 Å². The molecule has 1 saturated heterocycles. The Labute approximate surface area is 132 Å². The Hall–Kier alpha value is -2.70. The van der Waals surface area contributed by atoms with E-state index in [1.54, 1.807) is 12.1 Å². The van der Waals surface area contributed by atoms with E-state index in [1.807, 2.05) is 4.90 Å². The predicted molar refractivity (Wildman–Crippen MR) is 81.3 cm³/mol. The van der Waals surface area contributed by atoms with E-state index in [9.17, 15) is 9.18 Å². The molecule has 7 heteroatoms. The zero-order chi connectivity index (χ0) is 16.2. The van der Waals surface area contributed by atoms with Gasteiger partial charge in [0.15, 0.2) is 5.69 Å². The van der Waals surface area contributed by atoms with E-state index in [0.29, 0.717) is 11.6 Å². The number of benzene rings is 1. The highest BCUT2D eigenvalue weighted by Gasteiger charge is 2.22. The van der Waals surface area contributed by atoms with Crippen molar-refractivity contribution in [2.45, 2.75) is 18.9 Å². The van der Waals surface area contributed by atoms with Gasteiger partial charge in [-0.05, 0) is 24.3 Å². The van der Waals surface area contributed by atoms with Gasteiger partial charge in [-0.1, -0.05) is 0 Å². The molecule has 0 spiro atoms. The normalized spacial score (nSPS) is 15.4. The molecule has 1 aliphatic heterocycles. The average Bonchev–Trinajstić information content (AvgIpc) is 2.58. The summed E-state index contributed by atoms with van der Waals surface area (Å²) in [5.74, 6) is -0.0447. The fourth-order valence-electron chi connectivity index (χ4n) is 2.50. The molecule has 2 heterocycles. The van der Waals surface area contributed by atoms with Crippen LogP contribution in [-0.2, 0) is 0 Å². The standard InChI is InChI=1S/C16H16FN3O3/c17-11-1-3-12(4-2-11)23-13-5-7-20(8-6-13)15-10-18-14(9-19-15)16(21)22/h1-4,9-10,13H,5-8H2,(H,21,22). The number of piperidine rings is 1. The molecule has 1 fully saturated rings. The smallest absolute Gasteiger partial charge is 0.356 e. The largest absolute Gasteiger partial charge is 0.490 e. The molecule has 0 atom stereocenters. The molecule has 0 unspecified atom stereocenters. The molecule has 6 nitrogen and oxygen atoms in total. The average molecular weight is 317 g/mol. The van der Waals surface area contributed by atoms with Gasteiger partial charge < -0.3 is 14.7 Å². The van der Waals surface area contributed by atoms with Crippen LogP contribution >= 0.6 is 0 Å². The van der Waals surface area contributed by atoms with E-state index in [0.717, 1.165) is 25.9 Å². The Bertz CT molecular complexity index is 668. The minimum atomic E-state index is -1.09. The lowest BCUT2D eigenvalue weighted by atomic mass is 10.1. The van der Waals surface area contributed by atoms with Gasteiger partial charge in [-0.25, -0.2) is 19.2 Å². The molecular weight excluding hydrogens is 301 g/mol. The number of anilines is 1. The second-order valence-electron chi connectivity index (χ2n) is 5.32. The second-order valence-corrected chi connectivity index (χ2v) is 5.32. The second kappa shape index (κ2) is 6.60. The van der Waals surface area contributed by atoms with Crippen molar-refractivity contribution in [3.05, 3.63) is 48.2 Å². The van der Waals surface area contributed by atoms with E-state index in [4.69, 9.17) is 9.84 Å². The third-order valence-corrected chi connectivity index (χ3v) is 3.74. The van der Waals surface area contributed by atoms with E-state index in [-0.39, 0.29) is 17.6 Å². The zero-order valence-corrected chi connectivity index (χ0v) is 12.4. The Morgan fingerprint density at radius 1 is 1.17 bits per heavy atom. The zero-order valence-electron chi connectivity index (χ0n) is 12.4. The first-order valence-electron chi connectivity index (χ1n) is 7.34. The molecule has 1 aromatic carbocycles. The number of hydrogen-bond donors (Lipinski definition) is 1. The van der Waals surface area contributed by atoms with Crippen molar-refractivity contribution >= 4 is 11.8 Å². The van der Waals surface area contributed by atoms with Gasteiger partial charge in [0.2, 0.25) is 0 Å². The molecule has 120 valence electrons. The van der Waals surface area contributed by atoms with Crippen molar-refractivity contribution in [1.82, 2.24) is 9.97 Å². The summed E-state index contributed by atoms with van der Waals surface area (Å²) in [4.78, 5) is 20.8. The number of halogens is 1. The van der Waals surface area contributed by atoms with Crippen molar-refractivity contribution < 1.29 is 19.0 Å². The van der Waals surface area contributed by atoms with Gasteiger partial charge >= 0.3 is 5.97 Å². The quantitative estimate of drug-likeness (QED) is 0.933. The van der Waals surface area contributed by atoms with Crippen LogP contribution in [0.5, 0.6) is 5.75 Å². The van der Waals surface area contributed by atoms with Crippen molar-refractivity contribution in [1.29, 1.82) is 0 Å². The first-order valence-corrected chi connectivity index (χ1v) is 7.34. The molecule has 0 aliphatic carbocycles. The lowest BCUT2D eigenvalue weighted by Crippen LogP contribution is -2.38. The highest BCUT2D eigenvalue weighted by molar-refractivity contribution is 5.84. The van der Waals surface area contributed by atoms with Crippen molar-refractivity contribution in [3.8, 4) is 5.75 Å². The summed E-state index contributed by atoms with van der Waals surface area (Å²) in [7, 11) is 0. The molecule has 0 bridgehead atoms. The third-order valence-electron chi connectivity index (χ3n) is 3.74. The number of hydrogen-bond acceptors (Lipinski definition) is 5. The summed E-state index contributed by atoms with van der Waals surface area (Å²) in [6, 6.07) is 6.00. The predicted octanol–water partition coefficient (Wildman–Crippen LogP) is 2.36. The SMILES string of the molecule is O=C(O)c1cnc(N2CCC(Oc3ccc(F)cc3)CC2)cn1. The van der Waals surface area contributed by atoms with Gasteiger partial charge in [-0.2, -0.15) is 0 Å². The number of carbonyl (C=O) groups is 1. The minimum Gasteiger partial charge on any atom is -0.490 e. The maximum absolute atomic E-state index is 12.9.